The first-order valence-corrected chi connectivity index (χ1v) is 5.04. The highest BCUT2D eigenvalue weighted by atomic mass is 14.5. The summed E-state index contributed by atoms with van der Waals surface area (Å²) >= 11 is 0. The van der Waals surface area contributed by atoms with E-state index in [0.29, 0.717) is 0 Å². The van der Waals surface area contributed by atoms with Gasteiger partial charge in [-0.25, -0.2) is 0 Å². The van der Waals surface area contributed by atoms with E-state index in [9.17, 15) is 0 Å². The molecule has 0 heterocycles. The molecular formula is C11H29N. The molecule has 0 bridgehead atoms. The molecule has 2 N–H and O–H groups in total. The minimum absolute atomic E-state index is 1.16. The zero-order valence-electron chi connectivity index (χ0n) is 10.4. The first-order valence-electron chi connectivity index (χ1n) is 5.04. The lowest BCUT2D eigenvalue weighted by Gasteiger charge is -1.74. The smallest absolute Gasteiger partial charge is 0.00761 e. The van der Waals surface area contributed by atoms with Gasteiger partial charge in [0.05, 0.1) is 0 Å². The number of hydrogen-bond acceptors (Lipinski definition) is 1. The molecular weight excluding hydrogens is 146 g/mol. The molecule has 0 aromatic heterocycles. The van der Waals surface area contributed by atoms with E-state index in [1.807, 2.05) is 41.5 Å². The molecule has 0 amide bonds. The third kappa shape index (κ3) is 293. The van der Waals surface area contributed by atoms with Crippen LogP contribution in [0.25, 0.3) is 0 Å². The van der Waals surface area contributed by atoms with E-state index in [0.717, 1.165) is 5.57 Å². The van der Waals surface area contributed by atoms with Crippen molar-refractivity contribution in [3.8, 4) is 0 Å². The van der Waals surface area contributed by atoms with Crippen LogP contribution in [-0.2, 0) is 0 Å². The van der Waals surface area contributed by atoms with Crippen LogP contribution in [0.1, 0.15) is 61.8 Å². The van der Waals surface area contributed by atoms with Crippen LogP contribution in [-0.4, -0.2) is 0 Å². The van der Waals surface area contributed by atoms with E-state index in [-0.39, 0.29) is 0 Å². The van der Waals surface area contributed by atoms with Gasteiger partial charge in [0.25, 0.3) is 0 Å². The van der Waals surface area contributed by atoms with Crippen LogP contribution in [0.2, 0.25) is 0 Å². The molecule has 0 aromatic carbocycles. The van der Waals surface area contributed by atoms with Gasteiger partial charge in [-0.15, -0.1) is 0 Å². The molecule has 1 nitrogen and oxygen atoms in total. The van der Waals surface area contributed by atoms with Gasteiger partial charge in [-0.3, -0.25) is 0 Å². The van der Waals surface area contributed by atoms with Crippen molar-refractivity contribution in [1.29, 1.82) is 0 Å². The van der Waals surface area contributed by atoms with Crippen LogP contribution in [0.5, 0.6) is 0 Å². The first-order chi connectivity index (χ1) is 5.68. The molecule has 0 aliphatic carbocycles. The van der Waals surface area contributed by atoms with Crippen LogP contribution in [0.4, 0.5) is 0 Å². The maximum absolute atomic E-state index is 5.01. The van der Waals surface area contributed by atoms with E-state index in [2.05, 4.69) is 13.8 Å². The predicted octanol–water partition coefficient (Wildman–Crippen LogP) is 4.34. The maximum atomic E-state index is 5.01. The lowest BCUT2D eigenvalue weighted by atomic mass is 10.4. The predicted molar refractivity (Wildman–Crippen MR) is 62.3 cm³/mol. The van der Waals surface area contributed by atoms with Crippen molar-refractivity contribution < 1.29 is 0 Å². The second kappa shape index (κ2) is 46.5. The second-order valence-corrected chi connectivity index (χ2v) is 1.95. The highest BCUT2D eigenvalue weighted by Gasteiger charge is 1.61. The van der Waals surface area contributed by atoms with Gasteiger partial charge in [0.2, 0.25) is 0 Å². The Kier molecular flexibility index (Phi) is 87.5. The molecule has 0 aliphatic rings. The van der Waals surface area contributed by atoms with Gasteiger partial charge in [0.1, 0.15) is 0 Å². The van der Waals surface area contributed by atoms with Gasteiger partial charge in [-0.05, 0) is 20.0 Å². The fourth-order valence-corrected chi connectivity index (χ4v) is 0. The molecule has 0 radical (unpaired) electrons. The molecule has 1 heteroatoms. The molecule has 0 saturated carbocycles. The normalized spacial score (nSPS) is 5.33. The monoisotopic (exact) mass is 175 g/mol. The summed E-state index contributed by atoms with van der Waals surface area (Å²) in [5.41, 5.74) is 6.17. The fraction of sp³-hybridized carbons (Fsp3) is 0.818. The van der Waals surface area contributed by atoms with Crippen molar-refractivity contribution in [2.75, 3.05) is 0 Å². The van der Waals surface area contributed by atoms with E-state index < -0.39 is 0 Å². The van der Waals surface area contributed by atoms with Gasteiger partial charge in [-0.2, -0.15) is 0 Å². The SMILES string of the molecule is CC.CC.CC(C)=CN.CCC. The van der Waals surface area contributed by atoms with Gasteiger partial charge >= 0.3 is 0 Å². The van der Waals surface area contributed by atoms with Crippen molar-refractivity contribution in [2.24, 2.45) is 5.73 Å². The summed E-state index contributed by atoms with van der Waals surface area (Å²) in [5.74, 6) is 0. The Labute approximate surface area is 80.1 Å². The first kappa shape index (κ1) is 22.5. The Hall–Kier alpha value is -0.460. The van der Waals surface area contributed by atoms with Crippen LogP contribution in [0.3, 0.4) is 0 Å². The molecule has 0 spiro atoms. The minimum Gasteiger partial charge on any atom is -0.405 e. The highest BCUT2D eigenvalue weighted by Crippen LogP contribution is 1.78. The van der Waals surface area contributed by atoms with Crippen molar-refractivity contribution in [3.05, 3.63) is 11.8 Å². The van der Waals surface area contributed by atoms with Crippen LogP contribution in [0, 0.1) is 0 Å². The number of rotatable bonds is 0. The molecule has 0 atom stereocenters. The highest BCUT2D eigenvalue weighted by molar-refractivity contribution is 4.87. The van der Waals surface area contributed by atoms with Crippen LogP contribution >= 0.6 is 0 Å². The lowest BCUT2D eigenvalue weighted by Crippen LogP contribution is -1.76. The minimum atomic E-state index is 1.16. The zero-order chi connectivity index (χ0) is 11.0. The standard InChI is InChI=1S/C4H9N.C3H8.2C2H6/c1-4(2)3-5;1-3-2;2*1-2/h3H,5H2,1-2H3;3H2,1-2H3;2*1-2H3. The summed E-state index contributed by atoms with van der Waals surface area (Å²) in [6.45, 7) is 16.2. The fourth-order valence-electron chi connectivity index (χ4n) is 0. The average Bonchev–Trinajstić information content (AvgIpc) is 2.13. The molecule has 78 valence electrons. The molecule has 0 aliphatic heterocycles. The van der Waals surface area contributed by atoms with Crippen molar-refractivity contribution in [2.45, 2.75) is 61.8 Å². The summed E-state index contributed by atoms with van der Waals surface area (Å²) in [6.07, 6.45) is 2.83. The molecule has 0 aromatic rings. The quantitative estimate of drug-likeness (QED) is 0.582. The summed E-state index contributed by atoms with van der Waals surface area (Å²) in [5, 5.41) is 0. The Bertz CT molecular complexity index is 52.0. The van der Waals surface area contributed by atoms with Crippen molar-refractivity contribution in [3.63, 3.8) is 0 Å². The Morgan fingerprint density at radius 2 is 1.08 bits per heavy atom. The molecule has 0 unspecified atom stereocenters. The Balaban J connectivity index is -0.0000000397. The summed E-state index contributed by atoms with van der Waals surface area (Å²) in [4.78, 5) is 0. The van der Waals surface area contributed by atoms with E-state index in [1.54, 1.807) is 6.20 Å². The van der Waals surface area contributed by atoms with Gasteiger partial charge in [0, 0.05) is 0 Å². The zero-order valence-corrected chi connectivity index (χ0v) is 10.4. The molecule has 0 fully saturated rings. The molecule has 0 saturated heterocycles. The third-order valence-corrected chi connectivity index (χ3v) is 0.333. The summed E-state index contributed by atoms with van der Waals surface area (Å²) < 4.78 is 0. The Morgan fingerprint density at radius 1 is 1.00 bits per heavy atom. The third-order valence-electron chi connectivity index (χ3n) is 0.333. The Morgan fingerprint density at radius 3 is 1.08 bits per heavy atom. The maximum Gasteiger partial charge on any atom is -0.00761 e. The lowest BCUT2D eigenvalue weighted by molar-refractivity contribution is 1.09. The summed E-state index contributed by atoms with van der Waals surface area (Å²) in [6, 6.07) is 0. The van der Waals surface area contributed by atoms with Gasteiger partial charge < -0.3 is 5.73 Å². The van der Waals surface area contributed by atoms with Gasteiger partial charge in [0.15, 0.2) is 0 Å². The largest absolute Gasteiger partial charge is 0.405 e. The van der Waals surface area contributed by atoms with Gasteiger partial charge in [-0.1, -0.05) is 53.5 Å². The van der Waals surface area contributed by atoms with E-state index in [4.69, 9.17) is 5.73 Å². The van der Waals surface area contributed by atoms with Crippen LogP contribution in [0.15, 0.2) is 11.8 Å². The van der Waals surface area contributed by atoms with Crippen LogP contribution < -0.4 is 5.73 Å². The second-order valence-electron chi connectivity index (χ2n) is 1.95. The molecule has 0 rings (SSSR count). The molecule has 12 heavy (non-hydrogen) atoms. The van der Waals surface area contributed by atoms with E-state index >= 15 is 0 Å². The number of nitrogens with two attached hydrogens (primary N) is 1. The topological polar surface area (TPSA) is 26.0 Å². The average molecular weight is 175 g/mol. The number of hydrogen-bond donors (Lipinski definition) is 1. The van der Waals surface area contributed by atoms with Crippen molar-refractivity contribution in [1.82, 2.24) is 0 Å². The number of allylic oxidation sites excluding steroid dienone is 1. The summed E-state index contributed by atoms with van der Waals surface area (Å²) in [7, 11) is 0. The van der Waals surface area contributed by atoms with Crippen molar-refractivity contribution >= 4 is 0 Å². The van der Waals surface area contributed by atoms with E-state index in [1.165, 1.54) is 6.42 Å².